The normalized spacial score (nSPS) is 8.60. The summed E-state index contributed by atoms with van der Waals surface area (Å²) in [6, 6.07) is 7.27. The van der Waals surface area contributed by atoms with E-state index in [2.05, 4.69) is 17.9 Å². The van der Waals surface area contributed by atoms with Crippen LogP contribution in [0.15, 0.2) is 18.2 Å². The lowest BCUT2D eigenvalue weighted by Crippen LogP contribution is -1.87. The first-order valence-electron chi connectivity index (χ1n) is 4.44. The highest BCUT2D eigenvalue weighted by Crippen LogP contribution is 2.16. The number of benzene rings is 1. The van der Waals surface area contributed by atoms with Crippen LogP contribution in [0.2, 0.25) is 0 Å². The monoisotopic (exact) mass is 219 g/mol. The van der Waals surface area contributed by atoms with Crippen LogP contribution in [0.3, 0.4) is 0 Å². The van der Waals surface area contributed by atoms with E-state index < -0.39 is 0 Å². The van der Waals surface area contributed by atoms with Gasteiger partial charge in [0.25, 0.3) is 0 Å². The van der Waals surface area contributed by atoms with Gasteiger partial charge in [0.15, 0.2) is 0 Å². The number of hydrogen-bond donors (Lipinski definition) is 0. The fraction of sp³-hybridized carbons (Fsp3) is 0.250. The molecule has 0 saturated carbocycles. The summed E-state index contributed by atoms with van der Waals surface area (Å²) in [4.78, 5) is 0. The molecule has 0 N–H and O–H groups in total. The number of halogens is 1. The van der Waals surface area contributed by atoms with Crippen LogP contribution in [0.25, 0.3) is 0 Å². The third-order valence-electron chi connectivity index (χ3n) is 1.79. The van der Waals surface area contributed by atoms with E-state index >= 15 is 0 Å². The molecule has 0 heterocycles. The molecule has 76 valence electrons. The van der Waals surface area contributed by atoms with E-state index in [-0.39, 0.29) is 0 Å². The van der Waals surface area contributed by atoms with Gasteiger partial charge in [-0.15, -0.1) is 11.6 Å². The van der Waals surface area contributed by atoms with Crippen LogP contribution in [-0.4, -0.2) is 13.0 Å². The van der Waals surface area contributed by atoms with Crippen molar-refractivity contribution < 1.29 is 4.74 Å². The molecule has 15 heavy (non-hydrogen) atoms. The zero-order valence-electron chi connectivity index (χ0n) is 8.38. The Kier molecular flexibility index (Phi) is 4.54. The molecule has 0 bridgehead atoms. The summed E-state index contributed by atoms with van der Waals surface area (Å²) in [5.41, 5.74) is 1.24. The van der Waals surface area contributed by atoms with Gasteiger partial charge in [0.2, 0.25) is 0 Å². The Bertz CT molecular complexity index is 437. The first-order chi connectivity index (χ1) is 7.31. The first-order valence-corrected chi connectivity index (χ1v) is 4.98. The summed E-state index contributed by atoms with van der Waals surface area (Å²) < 4.78 is 5.06. The lowest BCUT2D eigenvalue weighted by molar-refractivity contribution is 0.414. The van der Waals surface area contributed by atoms with E-state index in [0.717, 1.165) is 0 Å². The van der Waals surface area contributed by atoms with Gasteiger partial charge in [0.05, 0.1) is 12.7 Å². The van der Waals surface area contributed by atoms with Crippen LogP contribution in [0.1, 0.15) is 17.5 Å². The second-order valence-electron chi connectivity index (χ2n) is 2.76. The number of ether oxygens (including phenoxy) is 1. The Labute approximate surface area is 94.4 Å². The van der Waals surface area contributed by atoms with Crippen LogP contribution < -0.4 is 4.74 Å². The highest BCUT2D eigenvalue weighted by molar-refractivity contribution is 6.18. The molecule has 0 fully saturated rings. The number of rotatable bonds is 2. The zero-order chi connectivity index (χ0) is 11.1. The Balaban J connectivity index is 3.04. The summed E-state index contributed by atoms with van der Waals surface area (Å²) in [6.07, 6.45) is 0.615. The Hall–Kier alpha value is -1.64. The summed E-state index contributed by atoms with van der Waals surface area (Å²) in [6.45, 7) is 0. The molecule has 1 rings (SSSR count). The van der Waals surface area contributed by atoms with Crippen molar-refractivity contribution in [1.29, 1.82) is 5.26 Å². The summed E-state index contributed by atoms with van der Waals surface area (Å²) >= 11 is 5.51. The topological polar surface area (TPSA) is 33.0 Å². The number of alkyl halides is 1. The van der Waals surface area contributed by atoms with E-state index in [1.807, 2.05) is 0 Å². The van der Waals surface area contributed by atoms with Gasteiger partial charge >= 0.3 is 0 Å². The van der Waals surface area contributed by atoms with Crippen molar-refractivity contribution in [3.05, 3.63) is 29.3 Å². The molecule has 0 aromatic heterocycles. The van der Waals surface area contributed by atoms with Crippen LogP contribution in [0, 0.1) is 23.2 Å². The minimum absolute atomic E-state index is 0.499. The number of nitriles is 1. The molecule has 0 radical (unpaired) electrons. The molecule has 2 nitrogen and oxygen atoms in total. The second-order valence-corrected chi connectivity index (χ2v) is 3.14. The molecule has 3 heteroatoms. The number of methoxy groups -OCH3 is 1. The zero-order valence-corrected chi connectivity index (χ0v) is 9.14. The highest BCUT2D eigenvalue weighted by atomic mass is 35.5. The standard InChI is InChI=1S/C12H10ClNO/c1-15-12-6-5-11(9-14)10(8-12)4-2-3-7-13/h5-6,8H,3,7H2,1H3. The lowest BCUT2D eigenvalue weighted by Gasteiger charge is -2.00. The SMILES string of the molecule is COc1ccc(C#N)c(C#CCCCl)c1. The van der Waals surface area contributed by atoms with Gasteiger partial charge < -0.3 is 4.74 Å². The highest BCUT2D eigenvalue weighted by Gasteiger charge is 2.00. The Morgan fingerprint density at radius 1 is 1.40 bits per heavy atom. The van der Waals surface area contributed by atoms with Gasteiger partial charge in [-0.2, -0.15) is 5.26 Å². The molecule has 0 aliphatic carbocycles. The maximum absolute atomic E-state index is 8.85. The molecule has 0 atom stereocenters. The fourth-order valence-electron chi connectivity index (χ4n) is 1.06. The Morgan fingerprint density at radius 3 is 2.80 bits per heavy atom. The first kappa shape index (κ1) is 11.4. The van der Waals surface area contributed by atoms with Crippen molar-refractivity contribution in [3.8, 4) is 23.7 Å². The molecule has 0 unspecified atom stereocenters. The molecule has 0 amide bonds. The van der Waals surface area contributed by atoms with Gasteiger partial charge in [-0.1, -0.05) is 11.8 Å². The average Bonchev–Trinajstić information content (AvgIpc) is 2.29. The Morgan fingerprint density at radius 2 is 2.20 bits per heavy atom. The minimum Gasteiger partial charge on any atom is -0.497 e. The van der Waals surface area contributed by atoms with Crippen LogP contribution in [0.4, 0.5) is 0 Å². The van der Waals surface area contributed by atoms with Gasteiger partial charge in [-0.05, 0) is 18.2 Å². The van der Waals surface area contributed by atoms with Crippen molar-refractivity contribution in [2.75, 3.05) is 13.0 Å². The predicted molar refractivity (Wildman–Crippen MR) is 59.9 cm³/mol. The maximum Gasteiger partial charge on any atom is 0.120 e. The van der Waals surface area contributed by atoms with Crippen LogP contribution >= 0.6 is 11.6 Å². The smallest absolute Gasteiger partial charge is 0.120 e. The van der Waals surface area contributed by atoms with Gasteiger partial charge in [0, 0.05) is 17.9 Å². The third-order valence-corrected chi connectivity index (χ3v) is 1.98. The average molecular weight is 220 g/mol. The van der Waals surface area contributed by atoms with E-state index in [4.69, 9.17) is 21.6 Å². The van der Waals surface area contributed by atoms with E-state index in [1.165, 1.54) is 0 Å². The third kappa shape index (κ3) is 3.20. The second kappa shape index (κ2) is 5.96. The molecule has 1 aromatic carbocycles. The van der Waals surface area contributed by atoms with Crippen molar-refractivity contribution in [3.63, 3.8) is 0 Å². The van der Waals surface area contributed by atoms with Crippen molar-refractivity contribution >= 4 is 11.6 Å². The van der Waals surface area contributed by atoms with Gasteiger partial charge in [-0.3, -0.25) is 0 Å². The fourth-order valence-corrected chi connectivity index (χ4v) is 1.15. The maximum atomic E-state index is 8.85. The molecule has 0 saturated heterocycles. The molecule has 0 aliphatic heterocycles. The molecule has 0 spiro atoms. The van der Waals surface area contributed by atoms with Crippen molar-refractivity contribution in [1.82, 2.24) is 0 Å². The lowest BCUT2D eigenvalue weighted by atomic mass is 10.1. The van der Waals surface area contributed by atoms with Crippen LogP contribution in [0.5, 0.6) is 5.75 Å². The quantitative estimate of drug-likeness (QED) is 0.566. The molecule has 1 aromatic rings. The summed E-state index contributed by atoms with van der Waals surface area (Å²) in [7, 11) is 1.58. The number of nitrogens with zero attached hydrogens (tertiary/aromatic N) is 1. The van der Waals surface area contributed by atoms with E-state index in [9.17, 15) is 0 Å². The predicted octanol–water partition coefficient (Wildman–Crippen LogP) is 2.55. The summed E-state index contributed by atoms with van der Waals surface area (Å²) in [5, 5.41) is 8.85. The molecular weight excluding hydrogens is 210 g/mol. The summed E-state index contributed by atoms with van der Waals surface area (Å²) in [5.74, 6) is 6.99. The largest absolute Gasteiger partial charge is 0.497 e. The number of hydrogen-bond acceptors (Lipinski definition) is 2. The van der Waals surface area contributed by atoms with Crippen molar-refractivity contribution in [2.45, 2.75) is 6.42 Å². The van der Waals surface area contributed by atoms with E-state index in [0.29, 0.717) is 29.2 Å². The molecular formula is C12H10ClNO. The van der Waals surface area contributed by atoms with Crippen molar-refractivity contribution in [2.24, 2.45) is 0 Å². The molecule has 0 aliphatic rings. The minimum atomic E-state index is 0.499. The van der Waals surface area contributed by atoms with E-state index in [1.54, 1.807) is 25.3 Å². The van der Waals surface area contributed by atoms with Gasteiger partial charge in [-0.25, -0.2) is 0 Å². The van der Waals surface area contributed by atoms with Gasteiger partial charge in [0.1, 0.15) is 11.8 Å². The van der Waals surface area contributed by atoms with Crippen LogP contribution in [-0.2, 0) is 0 Å².